The fraction of sp³-hybridized carbons (Fsp3) is 0.333. The van der Waals surface area contributed by atoms with Gasteiger partial charge in [-0.05, 0) is 65.3 Å². The number of hydrogen-bond donors (Lipinski definition) is 0. The molecular weight excluding hydrogens is 531 g/mol. The van der Waals surface area contributed by atoms with Crippen molar-refractivity contribution in [1.82, 2.24) is 0 Å². The lowest BCUT2D eigenvalue weighted by atomic mass is 9.87. The fourth-order valence-electron chi connectivity index (χ4n) is 2.86. The standard InChI is InChI=1S/C20H26I.C7H8O3S/c1-19(2,3)15-7-11-17(12-8-15)21-18-13-9-16(10-14-18)20(4,5)6;1-6-2-4-7(5-3-6)11(8,9)10/h7-14H,1-6H3;2-5H,1H3,(H,8,9,10)/q+1;/p-1. The zero-order valence-electron chi connectivity index (χ0n) is 19.9. The highest BCUT2D eigenvalue weighted by atomic mass is 127. The van der Waals surface area contributed by atoms with Crippen LogP contribution in [0.15, 0.2) is 77.7 Å². The summed E-state index contributed by atoms with van der Waals surface area (Å²) in [5, 5.41) is 0. The van der Waals surface area contributed by atoms with Crippen LogP contribution in [0.1, 0.15) is 58.2 Å². The maximum atomic E-state index is 10.4. The molecule has 0 saturated carbocycles. The Morgan fingerprint density at radius 3 is 1.25 bits per heavy atom. The second-order valence-electron chi connectivity index (χ2n) is 9.88. The summed E-state index contributed by atoms with van der Waals surface area (Å²) in [4.78, 5) is -0.178. The summed E-state index contributed by atoms with van der Waals surface area (Å²) in [6.45, 7) is 15.4. The van der Waals surface area contributed by atoms with E-state index in [1.54, 1.807) is 12.1 Å². The van der Waals surface area contributed by atoms with Gasteiger partial charge in [0.25, 0.3) is 0 Å². The minimum atomic E-state index is -4.27. The zero-order chi connectivity index (χ0) is 24.2. The maximum Gasteiger partial charge on any atom is 0.357 e. The lowest BCUT2D eigenvalue weighted by Gasteiger charge is -2.18. The lowest BCUT2D eigenvalue weighted by Crippen LogP contribution is -3.61. The summed E-state index contributed by atoms with van der Waals surface area (Å²) in [5.74, 6) is 0. The average Bonchev–Trinajstić information content (AvgIpc) is 2.67. The van der Waals surface area contributed by atoms with E-state index in [4.69, 9.17) is 0 Å². The molecule has 3 aromatic rings. The molecule has 0 heterocycles. The molecule has 0 saturated heterocycles. The Hall–Kier alpha value is -1.70. The van der Waals surface area contributed by atoms with E-state index in [0.29, 0.717) is 0 Å². The molecule has 5 heteroatoms. The Labute approximate surface area is 204 Å². The van der Waals surface area contributed by atoms with E-state index in [-0.39, 0.29) is 36.9 Å². The van der Waals surface area contributed by atoms with Gasteiger partial charge in [-0.2, -0.15) is 0 Å². The molecule has 0 fully saturated rings. The Bertz CT molecular complexity index is 1050. The maximum absolute atomic E-state index is 10.4. The summed E-state index contributed by atoms with van der Waals surface area (Å²) in [5.41, 5.74) is 4.24. The van der Waals surface area contributed by atoms with Crippen molar-refractivity contribution in [3.05, 3.63) is 96.6 Å². The first-order valence-corrected chi connectivity index (χ1v) is 14.1. The van der Waals surface area contributed by atoms with E-state index >= 15 is 0 Å². The lowest BCUT2D eigenvalue weighted by molar-refractivity contribution is -0.597. The van der Waals surface area contributed by atoms with Crippen molar-refractivity contribution < 1.29 is 34.2 Å². The van der Waals surface area contributed by atoms with Gasteiger partial charge in [-0.1, -0.05) is 83.5 Å². The zero-order valence-corrected chi connectivity index (χ0v) is 22.9. The van der Waals surface area contributed by atoms with Gasteiger partial charge in [0.1, 0.15) is 10.1 Å². The molecule has 0 amide bonds. The molecule has 0 aliphatic rings. The van der Waals surface area contributed by atoms with Gasteiger partial charge in [-0.15, -0.1) is 0 Å². The SMILES string of the molecule is CC(C)(C)c1ccc([I+]c2ccc(C(C)(C)C)cc2)cc1.Cc1ccc(S(=O)(=O)[O-])cc1. The smallest absolute Gasteiger partial charge is 0.357 e. The number of aryl methyl sites for hydroxylation is 1. The van der Waals surface area contributed by atoms with E-state index in [9.17, 15) is 13.0 Å². The number of halogens is 1. The van der Waals surface area contributed by atoms with Gasteiger partial charge in [0, 0.05) is 0 Å². The van der Waals surface area contributed by atoms with Crippen LogP contribution in [-0.2, 0) is 20.9 Å². The van der Waals surface area contributed by atoms with Crippen LogP contribution in [0.4, 0.5) is 0 Å². The van der Waals surface area contributed by atoms with Crippen LogP contribution in [-0.4, -0.2) is 13.0 Å². The molecule has 0 N–H and O–H groups in total. The van der Waals surface area contributed by atoms with Crippen molar-refractivity contribution in [3.8, 4) is 0 Å². The van der Waals surface area contributed by atoms with E-state index in [2.05, 4.69) is 90.1 Å². The molecule has 3 rings (SSSR count). The van der Waals surface area contributed by atoms with Crippen LogP contribution in [0.25, 0.3) is 0 Å². The van der Waals surface area contributed by atoms with Crippen LogP contribution in [0, 0.1) is 14.1 Å². The van der Waals surface area contributed by atoms with E-state index < -0.39 is 10.1 Å². The highest BCUT2D eigenvalue weighted by molar-refractivity contribution is 7.85. The second-order valence-corrected chi connectivity index (χ2v) is 14.3. The summed E-state index contributed by atoms with van der Waals surface area (Å²) in [7, 11) is -4.27. The number of hydrogen-bond acceptors (Lipinski definition) is 3. The van der Waals surface area contributed by atoms with Crippen LogP contribution in [0.3, 0.4) is 0 Å². The fourth-order valence-corrected chi connectivity index (χ4v) is 5.48. The molecule has 0 spiro atoms. The third-order valence-corrected chi connectivity index (χ3v) is 8.48. The molecule has 0 radical (unpaired) electrons. The highest BCUT2D eigenvalue weighted by Crippen LogP contribution is 2.21. The molecule has 172 valence electrons. The molecule has 3 aromatic carbocycles. The molecule has 32 heavy (non-hydrogen) atoms. The minimum absolute atomic E-state index is 0.0703. The molecule has 0 atom stereocenters. The topological polar surface area (TPSA) is 57.2 Å². The molecule has 0 unspecified atom stereocenters. The highest BCUT2D eigenvalue weighted by Gasteiger charge is 2.20. The second kappa shape index (κ2) is 10.5. The van der Waals surface area contributed by atoms with Gasteiger partial charge in [0.05, 0.1) is 4.90 Å². The van der Waals surface area contributed by atoms with Crippen molar-refractivity contribution >= 4 is 10.1 Å². The third kappa shape index (κ3) is 8.34. The molecule has 0 aliphatic heterocycles. The Kier molecular flexibility index (Phi) is 8.70. The first kappa shape index (κ1) is 26.6. The van der Waals surface area contributed by atoms with Crippen LogP contribution in [0.5, 0.6) is 0 Å². The summed E-state index contributed by atoms with van der Waals surface area (Å²) in [6.07, 6.45) is 0. The van der Waals surface area contributed by atoms with Gasteiger partial charge < -0.3 is 4.55 Å². The average molecular weight is 565 g/mol. The minimum Gasteiger partial charge on any atom is -0.744 e. The van der Waals surface area contributed by atoms with E-state index in [0.717, 1.165) is 5.56 Å². The van der Waals surface area contributed by atoms with E-state index in [1.807, 2.05) is 6.92 Å². The van der Waals surface area contributed by atoms with Crippen LogP contribution < -0.4 is 21.2 Å². The van der Waals surface area contributed by atoms with E-state index in [1.165, 1.54) is 30.4 Å². The van der Waals surface area contributed by atoms with Crippen LogP contribution in [0.2, 0.25) is 0 Å². The molecule has 0 bridgehead atoms. The Morgan fingerprint density at radius 2 is 0.969 bits per heavy atom. The van der Waals surface area contributed by atoms with Crippen molar-refractivity contribution in [2.45, 2.75) is 64.2 Å². The molecule has 3 nitrogen and oxygen atoms in total. The van der Waals surface area contributed by atoms with Crippen molar-refractivity contribution in [2.75, 3.05) is 0 Å². The normalized spacial score (nSPS) is 12.1. The number of benzene rings is 3. The van der Waals surface area contributed by atoms with Crippen molar-refractivity contribution in [2.24, 2.45) is 0 Å². The third-order valence-electron chi connectivity index (χ3n) is 4.95. The summed E-state index contributed by atoms with van der Waals surface area (Å²) in [6, 6.07) is 24.2. The first-order chi connectivity index (χ1) is 14.7. The largest absolute Gasteiger partial charge is 0.744 e. The van der Waals surface area contributed by atoms with Gasteiger partial charge in [-0.3, -0.25) is 0 Å². The Balaban J connectivity index is 0.000000278. The summed E-state index contributed by atoms with van der Waals surface area (Å²) < 4.78 is 34.1. The molecule has 0 aromatic heterocycles. The predicted octanol–water partition coefficient (Wildman–Crippen LogP) is 3.31. The quantitative estimate of drug-likeness (QED) is 0.363. The first-order valence-electron chi connectivity index (χ1n) is 10.5. The monoisotopic (exact) mass is 564 g/mol. The van der Waals surface area contributed by atoms with Gasteiger partial charge in [0.2, 0.25) is 0 Å². The van der Waals surface area contributed by atoms with Crippen LogP contribution >= 0.6 is 0 Å². The molecular formula is C27H33IO3S. The van der Waals surface area contributed by atoms with Gasteiger partial charge in [0.15, 0.2) is 7.14 Å². The predicted molar refractivity (Wildman–Crippen MR) is 127 cm³/mol. The molecule has 0 aliphatic carbocycles. The number of rotatable bonds is 3. The van der Waals surface area contributed by atoms with Crippen molar-refractivity contribution in [1.29, 1.82) is 0 Å². The van der Waals surface area contributed by atoms with Crippen molar-refractivity contribution in [3.63, 3.8) is 0 Å². The van der Waals surface area contributed by atoms with Gasteiger partial charge in [-0.25, -0.2) is 8.42 Å². The van der Waals surface area contributed by atoms with Gasteiger partial charge >= 0.3 is 21.2 Å². The summed E-state index contributed by atoms with van der Waals surface area (Å²) >= 11 is -0.0703. The Morgan fingerprint density at radius 1 is 0.625 bits per heavy atom.